The Hall–Kier alpha value is -2.40. The first-order valence-corrected chi connectivity index (χ1v) is 7.38. The van der Waals surface area contributed by atoms with Crippen molar-refractivity contribution in [3.8, 4) is 11.6 Å². The standard InChI is InChI=1S/C17H12BrNO3/c1-21-16-12-8-5-9-14(15(12)13(18)10-19-16)22-17(20)11-6-3-2-4-7-11/h2-10H,1H3. The van der Waals surface area contributed by atoms with Crippen molar-refractivity contribution in [3.63, 3.8) is 0 Å². The molecule has 0 spiro atoms. The highest BCUT2D eigenvalue weighted by molar-refractivity contribution is 9.10. The van der Waals surface area contributed by atoms with E-state index in [2.05, 4.69) is 20.9 Å². The molecule has 110 valence electrons. The number of carbonyl (C=O) groups is 1. The minimum absolute atomic E-state index is 0.407. The van der Waals surface area contributed by atoms with Crippen LogP contribution in [0.3, 0.4) is 0 Å². The molecule has 1 aromatic heterocycles. The maximum atomic E-state index is 12.2. The fraction of sp³-hybridized carbons (Fsp3) is 0.0588. The third kappa shape index (κ3) is 2.67. The van der Waals surface area contributed by atoms with Crippen molar-refractivity contribution in [2.24, 2.45) is 0 Å². The van der Waals surface area contributed by atoms with Gasteiger partial charge < -0.3 is 9.47 Å². The first-order chi connectivity index (χ1) is 10.7. The van der Waals surface area contributed by atoms with Crippen molar-refractivity contribution in [3.05, 3.63) is 64.8 Å². The van der Waals surface area contributed by atoms with Crippen LogP contribution in [0.2, 0.25) is 0 Å². The molecule has 0 radical (unpaired) electrons. The summed E-state index contributed by atoms with van der Waals surface area (Å²) in [6.45, 7) is 0. The Morgan fingerprint density at radius 1 is 1.09 bits per heavy atom. The van der Waals surface area contributed by atoms with Gasteiger partial charge in [-0.1, -0.05) is 24.3 Å². The SMILES string of the molecule is COc1ncc(Br)c2c(OC(=O)c3ccccc3)cccc12. The second kappa shape index (κ2) is 6.15. The summed E-state index contributed by atoms with van der Waals surface area (Å²) in [6.07, 6.45) is 1.63. The monoisotopic (exact) mass is 357 g/mol. The summed E-state index contributed by atoms with van der Waals surface area (Å²) >= 11 is 3.45. The molecular weight excluding hydrogens is 346 g/mol. The molecular formula is C17H12BrNO3. The van der Waals surface area contributed by atoms with Crippen LogP contribution in [0.25, 0.3) is 10.8 Å². The van der Waals surface area contributed by atoms with Crippen LogP contribution >= 0.6 is 15.9 Å². The van der Waals surface area contributed by atoms with Gasteiger partial charge in [-0.15, -0.1) is 0 Å². The Balaban J connectivity index is 2.06. The first-order valence-electron chi connectivity index (χ1n) is 6.59. The molecule has 0 fully saturated rings. The second-order valence-electron chi connectivity index (χ2n) is 4.55. The molecule has 0 unspecified atom stereocenters. The molecule has 2 aromatic carbocycles. The number of ether oxygens (including phenoxy) is 2. The van der Waals surface area contributed by atoms with Gasteiger partial charge in [0.05, 0.1) is 12.7 Å². The number of methoxy groups -OCH3 is 1. The first kappa shape index (κ1) is 14.5. The van der Waals surface area contributed by atoms with E-state index in [4.69, 9.17) is 9.47 Å². The summed E-state index contributed by atoms with van der Waals surface area (Å²) in [5.74, 6) is 0.533. The van der Waals surface area contributed by atoms with Crippen molar-refractivity contribution in [2.45, 2.75) is 0 Å². The van der Waals surface area contributed by atoms with Crippen molar-refractivity contribution in [1.29, 1.82) is 0 Å². The van der Waals surface area contributed by atoms with Crippen molar-refractivity contribution in [2.75, 3.05) is 7.11 Å². The van der Waals surface area contributed by atoms with Gasteiger partial charge in [0.1, 0.15) is 5.75 Å². The Labute approximate surface area is 135 Å². The van der Waals surface area contributed by atoms with Gasteiger partial charge in [0.2, 0.25) is 5.88 Å². The minimum Gasteiger partial charge on any atom is -0.481 e. The van der Waals surface area contributed by atoms with Crippen LogP contribution in [-0.2, 0) is 0 Å². The number of fused-ring (bicyclic) bond motifs is 1. The van der Waals surface area contributed by atoms with Crippen LogP contribution in [0.4, 0.5) is 0 Å². The van der Waals surface area contributed by atoms with Crippen LogP contribution in [0.1, 0.15) is 10.4 Å². The van der Waals surface area contributed by atoms with E-state index >= 15 is 0 Å². The largest absolute Gasteiger partial charge is 0.481 e. The van der Waals surface area contributed by atoms with Gasteiger partial charge in [-0.25, -0.2) is 9.78 Å². The van der Waals surface area contributed by atoms with Crippen LogP contribution in [0.15, 0.2) is 59.2 Å². The predicted molar refractivity (Wildman–Crippen MR) is 87.4 cm³/mol. The second-order valence-corrected chi connectivity index (χ2v) is 5.40. The highest BCUT2D eigenvalue weighted by Gasteiger charge is 2.15. The normalized spacial score (nSPS) is 10.5. The molecule has 22 heavy (non-hydrogen) atoms. The van der Waals surface area contributed by atoms with Gasteiger partial charge in [0.15, 0.2) is 0 Å². The molecule has 1 heterocycles. The zero-order valence-corrected chi connectivity index (χ0v) is 13.3. The lowest BCUT2D eigenvalue weighted by Crippen LogP contribution is -2.08. The number of benzene rings is 2. The Kier molecular flexibility index (Phi) is 4.06. The van der Waals surface area contributed by atoms with E-state index in [0.717, 1.165) is 15.2 Å². The lowest BCUT2D eigenvalue weighted by molar-refractivity contribution is 0.0737. The van der Waals surface area contributed by atoms with Crippen LogP contribution < -0.4 is 9.47 Å². The maximum Gasteiger partial charge on any atom is 0.343 e. The van der Waals surface area contributed by atoms with E-state index in [0.29, 0.717) is 17.2 Å². The summed E-state index contributed by atoms with van der Waals surface area (Å²) in [5, 5.41) is 1.52. The predicted octanol–water partition coefficient (Wildman–Crippen LogP) is 4.23. The van der Waals surface area contributed by atoms with Gasteiger partial charge in [-0.2, -0.15) is 0 Å². The number of halogens is 1. The molecule has 0 bridgehead atoms. The molecule has 0 saturated heterocycles. The maximum absolute atomic E-state index is 12.2. The fourth-order valence-electron chi connectivity index (χ4n) is 2.19. The number of aromatic nitrogens is 1. The average Bonchev–Trinajstić information content (AvgIpc) is 2.56. The molecule has 0 N–H and O–H groups in total. The number of rotatable bonds is 3. The molecule has 0 aliphatic rings. The molecule has 0 amide bonds. The molecule has 3 rings (SSSR count). The summed E-state index contributed by atoms with van der Waals surface area (Å²) < 4.78 is 11.5. The van der Waals surface area contributed by atoms with Crippen LogP contribution in [-0.4, -0.2) is 18.1 Å². The third-order valence-electron chi connectivity index (χ3n) is 3.20. The number of hydrogen-bond acceptors (Lipinski definition) is 4. The summed E-state index contributed by atoms with van der Waals surface area (Å²) in [6, 6.07) is 14.3. The highest BCUT2D eigenvalue weighted by Crippen LogP contribution is 2.36. The Bertz CT molecular complexity index is 834. The summed E-state index contributed by atoms with van der Waals surface area (Å²) in [5.41, 5.74) is 0.497. The van der Waals surface area contributed by atoms with E-state index in [1.54, 1.807) is 49.7 Å². The van der Waals surface area contributed by atoms with Crippen molar-refractivity contribution < 1.29 is 14.3 Å². The van der Waals surface area contributed by atoms with E-state index in [9.17, 15) is 4.79 Å². The number of esters is 1. The zero-order chi connectivity index (χ0) is 15.5. The average molecular weight is 358 g/mol. The van der Waals surface area contributed by atoms with E-state index in [1.807, 2.05) is 12.1 Å². The lowest BCUT2D eigenvalue weighted by atomic mass is 10.1. The molecule has 3 aromatic rings. The van der Waals surface area contributed by atoms with Gasteiger partial charge in [-0.3, -0.25) is 0 Å². The molecule has 4 nitrogen and oxygen atoms in total. The Morgan fingerprint density at radius 3 is 2.59 bits per heavy atom. The smallest absolute Gasteiger partial charge is 0.343 e. The Morgan fingerprint density at radius 2 is 1.86 bits per heavy atom. The molecule has 0 aliphatic heterocycles. The van der Waals surface area contributed by atoms with Gasteiger partial charge in [0.25, 0.3) is 0 Å². The zero-order valence-electron chi connectivity index (χ0n) is 11.7. The van der Waals surface area contributed by atoms with E-state index in [-0.39, 0.29) is 0 Å². The van der Waals surface area contributed by atoms with E-state index in [1.165, 1.54) is 0 Å². The van der Waals surface area contributed by atoms with Crippen LogP contribution in [0, 0.1) is 0 Å². The number of hydrogen-bond donors (Lipinski definition) is 0. The summed E-state index contributed by atoms with van der Waals surface area (Å²) in [4.78, 5) is 16.4. The molecule has 0 aliphatic carbocycles. The van der Waals surface area contributed by atoms with Gasteiger partial charge in [0, 0.05) is 21.4 Å². The van der Waals surface area contributed by atoms with Gasteiger partial charge in [-0.05, 0) is 40.2 Å². The van der Waals surface area contributed by atoms with Crippen molar-refractivity contribution >= 4 is 32.7 Å². The molecule has 0 atom stereocenters. The van der Waals surface area contributed by atoms with E-state index < -0.39 is 5.97 Å². The van der Waals surface area contributed by atoms with Crippen LogP contribution in [0.5, 0.6) is 11.6 Å². The highest BCUT2D eigenvalue weighted by atomic mass is 79.9. The summed E-state index contributed by atoms with van der Waals surface area (Å²) in [7, 11) is 1.55. The number of pyridine rings is 1. The number of carbonyl (C=O) groups excluding carboxylic acids is 1. The molecule has 0 saturated carbocycles. The van der Waals surface area contributed by atoms with Crippen molar-refractivity contribution in [1.82, 2.24) is 4.98 Å². The molecule has 5 heteroatoms. The lowest BCUT2D eigenvalue weighted by Gasteiger charge is -2.11. The minimum atomic E-state index is -0.407. The quantitative estimate of drug-likeness (QED) is 0.520. The third-order valence-corrected chi connectivity index (χ3v) is 3.80. The number of nitrogens with zero attached hydrogens (tertiary/aromatic N) is 1. The topological polar surface area (TPSA) is 48.4 Å². The fourth-order valence-corrected chi connectivity index (χ4v) is 2.70. The van der Waals surface area contributed by atoms with Gasteiger partial charge >= 0.3 is 5.97 Å².